The van der Waals surface area contributed by atoms with Gasteiger partial charge in [-0.25, -0.2) is 4.98 Å². The SMILES string of the molecule is COCCn1c(SC[C@@H]2CCOCO2)nc2ccccc2c1=O. The molecule has 0 saturated carbocycles. The highest BCUT2D eigenvalue weighted by Crippen LogP contribution is 2.21. The summed E-state index contributed by atoms with van der Waals surface area (Å²) in [6.45, 7) is 2.02. The topological polar surface area (TPSA) is 62.6 Å². The number of fused-ring (bicyclic) bond motifs is 1. The molecule has 23 heavy (non-hydrogen) atoms. The number of rotatable bonds is 6. The van der Waals surface area contributed by atoms with Crippen LogP contribution in [-0.4, -0.2) is 48.5 Å². The monoisotopic (exact) mass is 336 g/mol. The zero-order valence-electron chi connectivity index (χ0n) is 13.1. The Balaban J connectivity index is 1.87. The Morgan fingerprint density at radius 3 is 3.09 bits per heavy atom. The van der Waals surface area contributed by atoms with Crippen molar-refractivity contribution in [2.24, 2.45) is 0 Å². The number of hydrogen-bond donors (Lipinski definition) is 0. The van der Waals surface area contributed by atoms with Crippen molar-refractivity contribution in [3.05, 3.63) is 34.6 Å². The Morgan fingerprint density at radius 2 is 2.30 bits per heavy atom. The molecule has 1 aliphatic rings. The number of aromatic nitrogens is 2. The summed E-state index contributed by atoms with van der Waals surface area (Å²) in [6.07, 6.45) is 0.996. The van der Waals surface area contributed by atoms with Crippen LogP contribution in [-0.2, 0) is 20.8 Å². The maximum atomic E-state index is 12.7. The Hall–Kier alpha value is -1.41. The van der Waals surface area contributed by atoms with Crippen molar-refractivity contribution in [1.82, 2.24) is 9.55 Å². The number of benzene rings is 1. The van der Waals surface area contributed by atoms with E-state index in [-0.39, 0.29) is 11.7 Å². The molecule has 0 radical (unpaired) electrons. The Bertz CT molecular complexity index is 713. The summed E-state index contributed by atoms with van der Waals surface area (Å²) in [6, 6.07) is 7.43. The Morgan fingerprint density at radius 1 is 1.43 bits per heavy atom. The van der Waals surface area contributed by atoms with Gasteiger partial charge >= 0.3 is 0 Å². The molecule has 124 valence electrons. The van der Waals surface area contributed by atoms with E-state index in [0.717, 1.165) is 17.7 Å². The predicted octanol–water partition coefficient (Wildman–Crippen LogP) is 1.90. The molecule has 6 nitrogen and oxygen atoms in total. The molecule has 3 rings (SSSR count). The van der Waals surface area contributed by atoms with Gasteiger partial charge in [0.15, 0.2) is 5.16 Å². The molecule has 0 amide bonds. The minimum atomic E-state index is -0.0250. The summed E-state index contributed by atoms with van der Waals surface area (Å²) in [7, 11) is 1.63. The minimum absolute atomic E-state index is 0.0250. The standard InChI is InChI=1S/C16H20N2O4S/c1-20-9-7-18-15(19)13-4-2-3-5-14(13)17-16(18)23-10-12-6-8-21-11-22-12/h2-5,12H,6-11H2,1H3/t12-/m0/s1. The van der Waals surface area contributed by atoms with Crippen molar-refractivity contribution in [2.75, 3.05) is 32.9 Å². The van der Waals surface area contributed by atoms with Crippen LogP contribution in [0.3, 0.4) is 0 Å². The van der Waals surface area contributed by atoms with Crippen molar-refractivity contribution in [3.8, 4) is 0 Å². The lowest BCUT2D eigenvalue weighted by Crippen LogP contribution is -2.28. The fourth-order valence-electron chi connectivity index (χ4n) is 2.44. The summed E-state index contributed by atoms with van der Waals surface area (Å²) >= 11 is 1.55. The molecule has 2 heterocycles. The van der Waals surface area contributed by atoms with Gasteiger partial charge in [0.05, 0.1) is 36.8 Å². The lowest BCUT2D eigenvalue weighted by molar-refractivity contribution is -0.130. The van der Waals surface area contributed by atoms with Crippen LogP contribution in [0.4, 0.5) is 0 Å². The van der Waals surface area contributed by atoms with E-state index in [2.05, 4.69) is 4.98 Å². The van der Waals surface area contributed by atoms with E-state index in [0.29, 0.717) is 37.1 Å². The van der Waals surface area contributed by atoms with Gasteiger partial charge in [0, 0.05) is 12.9 Å². The average molecular weight is 336 g/mol. The summed E-state index contributed by atoms with van der Waals surface area (Å²) in [5, 5.41) is 1.34. The molecule has 0 aliphatic carbocycles. The van der Waals surface area contributed by atoms with E-state index in [4.69, 9.17) is 14.2 Å². The second-order valence-electron chi connectivity index (χ2n) is 5.28. The van der Waals surface area contributed by atoms with Crippen LogP contribution >= 0.6 is 11.8 Å². The smallest absolute Gasteiger partial charge is 0.262 e. The van der Waals surface area contributed by atoms with E-state index in [9.17, 15) is 4.79 Å². The molecule has 0 unspecified atom stereocenters. The molecule has 1 aliphatic heterocycles. The van der Waals surface area contributed by atoms with Gasteiger partial charge in [-0.3, -0.25) is 9.36 Å². The summed E-state index contributed by atoms with van der Waals surface area (Å²) in [5.41, 5.74) is 0.699. The molecular weight excluding hydrogens is 316 g/mol. The highest BCUT2D eigenvalue weighted by Gasteiger charge is 2.17. The van der Waals surface area contributed by atoms with Crippen LogP contribution < -0.4 is 5.56 Å². The Kier molecular flexibility index (Phi) is 5.66. The fraction of sp³-hybridized carbons (Fsp3) is 0.500. The van der Waals surface area contributed by atoms with Gasteiger partial charge in [-0.05, 0) is 18.6 Å². The quantitative estimate of drug-likeness (QED) is 0.593. The first-order chi connectivity index (χ1) is 11.3. The van der Waals surface area contributed by atoms with Gasteiger partial charge in [0.25, 0.3) is 5.56 Å². The predicted molar refractivity (Wildman–Crippen MR) is 88.9 cm³/mol. The van der Waals surface area contributed by atoms with E-state index < -0.39 is 0 Å². The lowest BCUT2D eigenvalue weighted by Gasteiger charge is -2.22. The maximum Gasteiger partial charge on any atom is 0.262 e. The number of nitrogens with zero attached hydrogens (tertiary/aromatic N) is 2. The van der Waals surface area contributed by atoms with E-state index in [1.165, 1.54) is 0 Å². The van der Waals surface area contributed by atoms with Crippen LogP contribution in [0.15, 0.2) is 34.2 Å². The van der Waals surface area contributed by atoms with Crippen molar-refractivity contribution >= 4 is 22.7 Å². The normalized spacial score (nSPS) is 18.4. The maximum absolute atomic E-state index is 12.7. The molecule has 1 saturated heterocycles. The van der Waals surface area contributed by atoms with Gasteiger partial charge in [-0.2, -0.15) is 0 Å². The lowest BCUT2D eigenvalue weighted by atomic mass is 10.2. The van der Waals surface area contributed by atoms with Crippen LogP contribution in [0.1, 0.15) is 6.42 Å². The summed E-state index contributed by atoms with van der Waals surface area (Å²) < 4.78 is 17.6. The largest absolute Gasteiger partial charge is 0.383 e. The zero-order valence-corrected chi connectivity index (χ0v) is 13.9. The molecule has 0 N–H and O–H groups in total. The fourth-order valence-corrected chi connectivity index (χ4v) is 3.53. The average Bonchev–Trinajstić information content (AvgIpc) is 2.60. The first kappa shape index (κ1) is 16.4. The van der Waals surface area contributed by atoms with Gasteiger partial charge in [0.1, 0.15) is 6.79 Å². The molecule has 2 aromatic rings. The van der Waals surface area contributed by atoms with E-state index in [1.54, 1.807) is 23.4 Å². The molecule has 7 heteroatoms. The number of ether oxygens (including phenoxy) is 3. The molecule has 1 fully saturated rings. The zero-order chi connectivity index (χ0) is 16.1. The van der Waals surface area contributed by atoms with Gasteiger partial charge in [-0.1, -0.05) is 23.9 Å². The third-order valence-corrected chi connectivity index (χ3v) is 4.82. The van der Waals surface area contributed by atoms with E-state index in [1.807, 2.05) is 24.3 Å². The summed E-state index contributed by atoms with van der Waals surface area (Å²) in [5.74, 6) is 0.751. The van der Waals surface area contributed by atoms with Crippen LogP contribution in [0, 0.1) is 0 Å². The first-order valence-electron chi connectivity index (χ1n) is 7.60. The van der Waals surface area contributed by atoms with Crippen molar-refractivity contribution < 1.29 is 14.2 Å². The van der Waals surface area contributed by atoms with Gasteiger partial charge in [0.2, 0.25) is 0 Å². The van der Waals surface area contributed by atoms with Gasteiger partial charge < -0.3 is 14.2 Å². The first-order valence-corrected chi connectivity index (χ1v) is 8.59. The Labute approximate surface area is 138 Å². The third kappa shape index (κ3) is 3.92. The van der Waals surface area contributed by atoms with Crippen molar-refractivity contribution in [2.45, 2.75) is 24.2 Å². The van der Waals surface area contributed by atoms with Crippen LogP contribution in [0.25, 0.3) is 10.9 Å². The second kappa shape index (κ2) is 7.92. The van der Waals surface area contributed by atoms with Crippen LogP contribution in [0.2, 0.25) is 0 Å². The summed E-state index contributed by atoms with van der Waals surface area (Å²) in [4.78, 5) is 17.4. The molecule has 1 atom stereocenters. The molecule has 0 spiro atoms. The number of thioether (sulfide) groups is 1. The third-order valence-electron chi connectivity index (χ3n) is 3.72. The second-order valence-corrected chi connectivity index (χ2v) is 6.26. The molecule has 1 aromatic heterocycles. The van der Waals surface area contributed by atoms with Gasteiger partial charge in [-0.15, -0.1) is 0 Å². The molecule has 1 aromatic carbocycles. The van der Waals surface area contributed by atoms with Crippen molar-refractivity contribution in [1.29, 1.82) is 0 Å². The number of hydrogen-bond acceptors (Lipinski definition) is 6. The molecular formula is C16H20N2O4S. The van der Waals surface area contributed by atoms with Crippen LogP contribution in [0.5, 0.6) is 0 Å². The molecule has 0 bridgehead atoms. The van der Waals surface area contributed by atoms with E-state index >= 15 is 0 Å². The number of para-hydroxylation sites is 1. The highest BCUT2D eigenvalue weighted by molar-refractivity contribution is 7.99. The van der Waals surface area contributed by atoms with Crippen molar-refractivity contribution in [3.63, 3.8) is 0 Å². The minimum Gasteiger partial charge on any atom is -0.383 e. The highest BCUT2D eigenvalue weighted by atomic mass is 32.2. The number of methoxy groups -OCH3 is 1.